The summed E-state index contributed by atoms with van der Waals surface area (Å²) in [5.74, 6) is -0.346. The summed E-state index contributed by atoms with van der Waals surface area (Å²) in [4.78, 5) is 15.2. The van der Waals surface area contributed by atoms with Crippen LogP contribution in [0.15, 0.2) is 24.5 Å². The number of esters is 1. The summed E-state index contributed by atoms with van der Waals surface area (Å²) in [6.45, 7) is 0. The Morgan fingerprint density at radius 2 is 2.50 bits per heavy atom. The van der Waals surface area contributed by atoms with E-state index < -0.39 is 0 Å². The molecule has 4 heteroatoms. The molecular weight excluding hydrogens is 246 g/mol. The zero-order valence-electron chi connectivity index (χ0n) is 7.74. The quantitative estimate of drug-likeness (QED) is 0.615. The summed E-state index contributed by atoms with van der Waals surface area (Å²) < 4.78 is 4.64. The maximum Gasteiger partial charge on any atom is 0.338 e. The summed E-state index contributed by atoms with van der Waals surface area (Å²) in [6, 6.07) is 1.64. The van der Waals surface area contributed by atoms with E-state index in [1.807, 2.05) is 12.2 Å². The minimum Gasteiger partial charge on any atom is -0.465 e. The molecule has 0 bridgehead atoms. The Morgan fingerprint density at radius 3 is 3.14 bits per heavy atom. The van der Waals surface area contributed by atoms with Crippen LogP contribution < -0.4 is 0 Å². The topological polar surface area (TPSA) is 39.2 Å². The Bertz CT molecular complexity index is 350. The van der Waals surface area contributed by atoms with Crippen LogP contribution in [-0.2, 0) is 4.74 Å². The van der Waals surface area contributed by atoms with Gasteiger partial charge in [0.2, 0.25) is 0 Å². The largest absolute Gasteiger partial charge is 0.465 e. The molecule has 1 aromatic heterocycles. The zero-order valence-corrected chi connectivity index (χ0v) is 9.32. The Balaban J connectivity index is 3.03. The van der Waals surface area contributed by atoms with Crippen molar-refractivity contribution in [2.24, 2.45) is 0 Å². The van der Waals surface area contributed by atoms with Gasteiger partial charge in [0.05, 0.1) is 12.7 Å². The lowest BCUT2D eigenvalue weighted by atomic mass is 10.1. The van der Waals surface area contributed by atoms with Crippen LogP contribution in [0.1, 0.15) is 15.9 Å². The highest BCUT2D eigenvalue weighted by atomic mass is 79.9. The van der Waals surface area contributed by atoms with Crippen molar-refractivity contribution in [2.45, 2.75) is 0 Å². The number of hydrogen-bond acceptors (Lipinski definition) is 3. The van der Waals surface area contributed by atoms with E-state index >= 15 is 0 Å². The molecule has 0 saturated heterocycles. The SMILES string of the molecule is COC(=O)c1ccncc1C=CCBr. The van der Waals surface area contributed by atoms with Crippen molar-refractivity contribution < 1.29 is 9.53 Å². The smallest absolute Gasteiger partial charge is 0.338 e. The Hall–Kier alpha value is -1.16. The van der Waals surface area contributed by atoms with E-state index in [0.717, 1.165) is 10.9 Å². The number of carbonyl (C=O) groups excluding carboxylic acids is 1. The molecule has 74 valence electrons. The number of halogens is 1. The first kappa shape index (κ1) is 10.9. The number of carbonyl (C=O) groups is 1. The highest BCUT2D eigenvalue weighted by Crippen LogP contribution is 2.10. The number of nitrogens with zero attached hydrogens (tertiary/aromatic N) is 1. The van der Waals surface area contributed by atoms with Gasteiger partial charge in [-0.3, -0.25) is 4.98 Å². The van der Waals surface area contributed by atoms with Crippen LogP contribution >= 0.6 is 15.9 Å². The predicted octanol–water partition coefficient (Wildman–Crippen LogP) is 2.28. The third-order valence-corrected chi connectivity index (χ3v) is 2.02. The first-order chi connectivity index (χ1) is 6.79. The van der Waals surface area contributed by atoms with Gasteiger partial charge in [0.1, 0.15) is 0 Å². The first-order valence-electron chi connectivity index (χ1n) is 4.04. The monoisotopic (exact) mass is 255 g/mol. The van der Waals surface area contributed by atoms with Gasteiger partial charge in [-0.05, 0) is 6.07 Å². The lowest BCUT2D eigenvalue weighted by Crippen LogP contribution is -2.03. The summed E-state index contributed by atoms with van der Waals surface area (Å²) in [5.41, 5.74) is 1.29. The summed E-state index contributed by atoms with van der Waals surface area (Å²) >= 11 is 3.26. The van der Waals surface area contributed by atoms with Crippen molar-refractivity contribution in [1.82, 2.24) is 4.98 Å². The van der Waals surface area contributed by atoms with Gasteiger partial charge in [-0.25, -0.2) is 4.79 Å². The fraction of sp³-hybridized carbons (Fsp3) is 0.200. The van der Waals surface area contributed by atoms with Gasteiger partial charge >= 0.3 is 5.97 Å². The normalized spacial score (nSPS) is 10.4. The Labute approximate surface area is 90.9 Å². The fourth-order valence-corrected chi connectivity index (χ4v) is 1.19. The number of pyridine rings is 1. The van der Waals surface area contributed by atoms with E-state index in [9.17, 15) is 4.79 Å². The molecule has 0 aliphatic carbocycles. The van der Waals surface area contributed by atoms with Gasteiger partial charge in [-0.1, -0.05) is 28.1 Å². The number of rotatable bonds is 3. The van der Waals surface area contributed by atoms with Gasteiger partial charge in [0, 0.05) is 23.3 Å². The molecule has 0 aliphatic heterocycles. The Morgan fingerprint density at radius 1 is 1.71 bits per heavy atom. The summed E-state index contributed by atoms with van der Waals surface area (Å²) in [6.07, 6.45) is 6.92. The predicted molar refractivity (Wildman–Crippen MR) is 58.4 cm³/mol. The van der Waals surface area contributed by atoms with Crippen LogP contribution in [0.2, 0.25) is 0 Å². The summed E-state index contributed by atoms with van der Waals surface area (Å²) in [7, 11) is 1.36. The van der Waals surface area contributed by atoms with E-state index in [1.165, 1.54) is 7.11 Å². The van der Waals surface area contributed by atoms with Crippen LogP contribution in [0.25, 0.3) is 6.08 Å². The minimum atomic E-state index is -0.346. The van der Waals surface area contributed by atoms with Gasteiger partial charge in [-0.2, -0.15) is 0 Å². The molecule has 0 saturated carbocycles. The lowest BCUT2D eigenvalue weighted by Gasteiger charge is -2.01. The average Bonchev–Trinajstić information content (AvgIpc) is 2.25. The second-order valence-electron chi connectivity index (χ2n) is 2.51. The van der Waals surface area contributed by atoms with E-state index in [4.69, 9.17) is 0 Å². The number of hydrogen-bond donors (Lipinski definition) is 0. The molecule has 1 rings (SSSR count). The number of alkyl halides is 1. The van der Waals surface area contributed by atoms with E-state index in [-0.39, 0.29) is 5.97 Å². The molecular formula is C10H10BrNO2. The molecule has 14 heavy (non-hydrogen) atoms. The highest BCUT2D eigenvalue weighted by Gasteiger charge is 2.08. The van der Waals surface area contributed by atoms with E-state index in [1.54, 1.807) is 18.5 Å². The van der Waals surface area contributed by atoms with Crippen LogP contribution in [0.4, 0.5) is 0 Å². The van der Waals surface area contributed by atoms with Crippen LogP contribution in [0.3, 0.4) is 0 Å². The average molecular weight is 256 g/mol. The number of methoxy groups -OCH3 is 1. The lowest BCUT2D eigenvalue weighted by molar-refractivity contribution is 0.0600. The van der Waals surface area contributed by atoms with Crippen molar-refractivity contribution in [1.29, 1.82) is 0 Å². The molecule has 0 fully saturated rings. The van der Waals surface area contributed by atoms with Gasteiger partial charge in [0.25, 0.3) is 0 Å². The summed E-state index contributed by atoms with van der Waals surface area (Å²) in [5, 5.41) is 0.739. The molecule has 0 spiro atoms. The second-order valence-corrected chi connectivity index (χ2v) is 3.16. The van der Waals surface area contributed by atoms with Crippen LogP contribution in [-0.4, -0.2) is 23.4 Å². The molecule has 1 aromatic rings. The minimum absolute atomic E-state index is 0.346. The van der Waals surface area contributed by atoms with Crippen LogP contribution in [0.5, 0.6) is 0 Å². The number of ether oxygens (including phenoxy) is 1. The van der Waals surface area contributed by atoms with Gasteiger partial charge in [-0.15, -0.1) is 0 Å². The van der Waals surface area contributed by atoms with E-state index in [0.29, 0.717) is 5.56 Å². The molecule has 0 aliphatic rings. The molecule has 0 aromatic carbocycles. The fourth-order valence-electron chi connectivity index (χ4n) is 1.01. The van der Waals surface area contributed by atoms with Crippen molar-refractivity contribution in [2.75, 3.05) is 12.4 Å². The molecule has 0 unspecified atom stereocenters. The standard InChI is InChI=1S/C10H10BrNO2/c1-14-10(13)9-4-6-12-7-8(9)3-2-5-11/h2-4,6-7H,5H2,1H3. The van der Waals surface area contributed by atoms with Crippen molar-refractivity contribution >= 4 is 28.0 Å². The maximum atomic E-state index is 11.3. The number of aromatic nitrogens is 1. The van der Waals surface area contributed by atoms with Gasteiger partial charge < -0.3 is 4.74 Å². The zero-order chi connectivity index (χ0) is 10.4. The van der Waals surface area contributed by atoms with Crippen LogP contribution in [0, 0.1) is 0 Å². The molecule has 0 N–H and O–H groups in total. The molecule has 1 heterocycles. The molecule has 0 amide bonds. The van der Waals surface area contributed by atoms with Crippen molar-refractivity contribution in [3.63, 3.8) is 0 Å². The third kappa shape index (κ3) is 2.67. The molecule has 3 nitrogen and oxygen atoms in total. The molecule has 0 atom stereocenters. The highest BCUT2D eigenvalue weighted by molar-refractivity contribution is 9.09. The molecule has 0 radical (unpaired) electrons. The number of allylic oxidation sites excluding steroid dienone is 1. The van der Waals surface area contributed by atoms with Crippen molar-refractivity contribution in [3.8, 4) is 0 Å². The van der Waals surface area contributed by atoms with Gasteiger partial charge in [0.15, 0.2) is 0 Å². The second kappa shape index (κ2) is 5.54. The third-order valence-electron chi connectivity index (χ3n) is 1.64. The first-order valence-corrected chi connectivity index (χ1v) is 5.16. The maximum absolute atomic E-state index is 11.3. The van der Waals surface area contributed by atoms with E-state index in [2.05, 4.69) is 25.7 Å². The Kier molecular flexibility index (Phi) is 4.32. The van der Waals surface area contributed by atoms with Crippen molar-refractivity contribution in [3.05, 3.63) is 35.7 Å².